The Kier molecular flexibility index (Phi) is 3.15. The standard InChI is InChI=1S/C13H9NO5/c15-11-3-1-2-10(14-11)7-4-8(12(16)17)6-9(5-7)13(18)19/h1-6H,(H,14,15)(H,16,17)(H,18,19). The monoisotopic (exact) mass is 259 g/mol. The maximum Gasteiger partial charge on any atom is 0.335 e. The third-order valence-corrected chi connectivity index (χ3v) is 2.51. The van der Waals surface area contributed by atoms with Crippen LogP contribution in [0.15, 0.2) is 41.2 Å². The molecule has 6 heteroatoms. The fourth-order valence-electron chi connectivity index (χ4n) is 1.65. The second kappa shape index (κ2) is 4.77. The molecule has 0 spiro atoms. The van der Waals surface area contributed by atoms with Gasteiger partial charge in [0.05, 0.1) is 11.1 Å². The summed E-state index contributed by atoms with van der Waals surface area (Å²) in [6.45, 7) is 0. The summed E-state index contributed by atoms with van der Waals surface area (Å²) in [6.07, 6.45) is 0. The molecule has 0 aliphatic rings. The zero-order chi connectivity index (χ0) is 14.0. The van der Waals surface area contributed by atoms with Crippen molar-refractivity contribution < 1.29 is 19.8 Å². The Morgan fingerprint density at radius 3 is 2.00 bits per heavy atom. The summed E-state index contributed by atoms with van der Waals surface area (Å²) < 4.78 is 0. The molecule has 1 aromatic carbocycles. The van der Waals surface area contributed by atoms with Crippen molar-refractivity contribution >= 4 is 11.9 Å². The molecule has 1 aromatic heterocycles. The molecular weight excluding hydrogens is 250 g/mol. The summed E-state index contributed by atoms with van der Waals surface area (Å²) in [6, 6.07) is 8.05. The molecule has 0 aliphatic carbocycles. The minimum atomic E-state index is -1.23. The smallest absolute Gasteiger partial charge is 0.335 e. The van der Waals surface area contributed by atoms with E-state index in [2.05, 4.69) is 4.98 Å². The molecule has 6 nitrogen and oxygen atoms in total. The number of carbonyl (C=O) groups is 2. The van der Waals surface area contributed by atoms with Crippen LogP contribution in [-0.4, -0.2) is 27.1 Å². The van der Waals surface area contributed by atoms with Gasteiger partial charge in [-0.1, -0.05) is 6.07 Å². The van der Waals surface area contributed by atoms with Crippen LogP contribution in [0.3, 0.4) is 0 Å². The molecule has 1 heterocycles. The highest BCUT2D eigenvalue weighted by atomic mass is 16.4. The van der Waals surface area contributed by atoms with E-state index in [4.69, 9.17) is 10.2 Å². The Labute approximate surface area is 107 Å². The number of carboxylic acid groups (broad SMARTS) is 2. The van der Waals surface area contributed by atoms with Crippen molar-refractivity contribution in [3.05, 3.63) is 57.9 Å². The number of benzene rings is 1. The SMILES string of the molecule is O=C(O)c1cc(C(=O)O)cc(-c2cccc(=O)[nH]2)c1. The normalized spacial score (nSPS) is 10.1. The Bertz CT molecular complexity index is 685. The van der Waals surface area contributed by atoms with Crippen molar-refractivity contribution in [3.8, 4) is 11.3 Å². The van der Waals surface area contributed by atoms with E-state index < -0.39 is 11.9 Å². The second-order valence-corrected chi connectivity index (χ2v) is 3.84. The van der Waals surface area contributed by atoms with Crippen molar-refractivity contribution in [3.63, 3.8) is 0 Å². The first kappa shape index (κ1) is 12.6. The number of rotatable bonds is 3. The molecule has 0 saturated carbocycles. The van der Waals surface area contributed by atoms with Crippen molar-refractivity contribution in [1.82, 2.24) is 4.98 Å². The Balaban J connectivity index is 2.66. The summed E-state index contributed by atoms with van der Waals surface area (Å²) in [5.74, 6) is -2.47. The number of aromatic nitrogens is 1. The van der Waals surface area contributed by atoms with Gasteiger partial charge in [0.25, 0.3) is 0 Å². The van der Waals surface area contributed by atoms with Gasteiger partial charge in [-0.2, -0.15) is 0 Å². The van der Waals surface area contributed by atoms with Gasteiger partial charge in [0.2, 0.25) is 5.56 Å². The van der Waals surface area contributed by atoms with Gasteiger partial charge >= 0.3 is 11.9 Å². The third-order valence-electron chi connectivity index (χ3n) is 2.51. The van der Waals surface area contributed by atoms with Crippen LogP contribution >= 0.6 is 0 Å². The zero-order valence-electron chi connectivity index (χ0n) is 9.58. The largest absolute Gasteiger partial charge is 0.478 e. The minimum absolute atomic E-state index is 0.153. The van der Waals surface area contributed by atoms with Crippen LogP contribution in [0, 0.1) is 0 Å². The van der Waals surface area contributed by atoms with Gasteiger partial charge in [-0.15, -0.1) is 0 Å². The van der Waals surface area contributed by atoms with Crippen molar-refractivity contribution in [2.75, 3.05) is 0 Å². The van der Waals surface area contributed by atoms with Crippen LogP contribution in [0.2, 0.25) is 0 Å². The quantitative estimate of drug-likeness (QED) is 0.773. The Hall–Kier alpha value is -2.89. The highest BCUT2D eigenvalue weighted by Crippen LogP contribution is 2.20. The number of nitrogens with one attached hydrogen (secondary N) is 1. The molecule has 0 unspecified atom stereocenters. The average molecular weight is 259 g/mol. The van der Waals surface area contributed by atoms with E-state index in [1.54, 1.807) is 6.07 Å². The van der Waals surface area contributed by atoms with Gasteiger partial charge in [-0.05, 0) is 29.8 Å². The van der Waals surface area contributed by atoms with E-state index in [1.807, 2.05) is 0 Å². The Morgan fingerprint density at radius 2 is 1.53 bits per heavy atom. The predicted octanol–water partition coefficient (Wildman–Crippen LogP) is 1.44. The molecule has 0 radical (unpaired) electrons. The van der Waals surface area contributed by atoms with E-state index in [0.29, 0.717) is 11.3 Å². The number of carboxylic acids is 2. The fraction of sp³-hybridized carbons (Fsp3) is 0. The Morgan fingerprint density at radius 1 is 0.947 bits per heavy atom. The molecule has 0 amide bonds. The average Bonchev–Trinajstić information content (AvgIpc) is 2.38. The second-order valence-electron chi connectivity index (χ2n) is 3.84. The first-order chi connectivity index (χ1) is 8.97. The van der Waals surface area contributed by atoms with Crippen LogP contribution in [0.5, 0.6) is 0 Å². The molecule has 0 saturated heterocycles. The van der Waals surface area contributed by atoms with Crippen LogP contribution in [0.1, 0.15) is 20.7 Å². The van der Waals surface area contributed by atoms with E-state index >= 15 is 0 Å². The zero-order valence-corrected chi connectivity index (χ0v) is 9.58. The first-order valence-electron chi connectivity index (χ1n) is 5.29. The molecule has 0 bridgehead atoms. The lowest BCUT2D eigenvalue weighted by atomic mass is 10.0. The maximum absolute atomic E-state index is 11.2. The lowest BCUT2D eigenvalue weighted by Gasteiger charge is -2.05. The van der Waals surface area contributed by atoms with Crippen LogP contribution < -0.4 is 5.56 Å². The number of pyridine rings is 1. The molecule has 96 valence electrons. The molecule has 3 N–H and O–H groups in total. The fourth-order valence-corrected chi connectivity index (χ4v) is 1.65. The molecule has 0 atom stereocenters. The number of hydrogen-bond acceptors (Lipinski definition) is 3. The predicted molar refractivity (Wildman–Crippen MR) is 66.4 cm³/mol. The van der Waals surface area contributed by atoms with E-state index in [1.165, 1.54) is 24.3 Å². The van der Waals surface area contributed by atoms with Gasteiger partial charge in [0.1, 0.15) is 0 Å². The summed E-state index contributed by atoms with van der Waals surface area (Å²) in [5.41, 5.74) is 0.0300. The van der Waals surface area contributed by atoms with Gasteiger partial charge in [0, 0.05) is 11.8 Å². The number of aromatic amines is 1. The van der Waals surface area contributed by atoms with Crippen molar-refractivity contribution in [2.45, 2.75) is 0 Å². The molecule has 0 aliphatic heterocycles. The summed E-state index contributed by atoms with van der Waals surface area (Å²) in [7, 11) is 0. The van der Waals surface area contributed by atoms with Gasteiger partial charge in [-0.3, -0.25) is 4.79 Å². The van der Waals surface area contributed by atoms with Gasteiger partial charge in [0.15, 0.2) is 0 Å². The van der Waals surface area contributed by atoms with E-state index in [9.17, 15) is 14.4 Å². The molecule has 2 aromatic rings. The molecule has 19 heavy (non-hydrogen) atoms. The molecule has 2 rings (SSSR count). The summed E-state index contributed by atoms with van der Waals surface area (Å²) in [4.78, 5) is 35.7. The lowest BCUT2D eigenvalue weighted by Crippen LogP contribution is -2.06. The molecule has 0 fully saturated rings. The topological polar surface area (TPSA) is 107 Å². The number of hydrogen-bond donors (Lipinski definition) is 3. The highest BCUT2D eigenvalue weighted by Gasteiger charge is 2.12. The van der Waals surface area contributed by atoms with E-state index in [-0.39, 0.29) is 16.7 Å². The summed E-state index contributed by atoms with van der Waals surface area (Å²) >= 11 is 0. The van der Waals surface area contributed by atoms with Gasteiger partial charge < -0.3 is 15.2 Å². The number of aromatic carboxylic acids is 2. The first-order valence-corrected chi connectivity index (χ1v) is 5.29. The molecular formula is C13H9NO5. The van der Waals surface area contributed by atoms with Crippen LogP contribution in [0.4, 0.5) is 0 Å². The van der Waals surface area contributed by atoms with Gasteiger partial charge in [-0.25, -0.2) is 9.59 Å². The van der Waals surface area contributed by atoms with E-state index in [0.717, 1.165) is 6.07 Å². The maximum atomic E-state index is 11.2. The van der Waals surface area contributed by atoms with Crippen LogP contribution in [-0.2, 0) is 0 Å². The number of H-pyrrole nitrogens is 1. The summed E-state index contributed by atoms with van der Waals surface area (Å²) in [5, 5.41) is 17.9. The third kappa shape index (κ3) is 2.68. The van der Waals surface area contributed by atoms with Crippen molar-refractivity contribution in [1.29, 1.82) is 0 Å². The highest BCUT2D eigenvalue weighted by molar-refractivity contribution is 5.95. The lowest BCUT2D eigenvalue weighted by molar-refractivity contribution is 0.0696. The van der Waals surface area contributed by atoms with Crippen molar-refractivity contribution in [2.24, 2.45) is 0 Å². The van der Waals surface area contributed by atoms with Crippen LogP contribution in [0.25, 0.3) is 11.3 Å². The minimum Gasteiger partial charge on any atom is -0.478 e.